The highest BCUT2D eigenvalue weighted by molar-refractivity contribution is 5.96. The van der Waals surface area contributed by atoms with Crippen LogP contribution in [-0.4, -0.2) is 5.78 Å². The van der Waals surface area contributed by atoms with Crippen molar-refractivity contribution >= 4 is 5.78 Å². The third-order valence-corrected chi connectivity index (χ3v) is 4.28. The molecule has 0 saturated heterocycles. The van der Waals surface area contributed by atoms with Gasteiger partial charge in [0.05, 0.1) is 0 Å². The van der Waals surface area contributed by atoms with Crippen LogP contribution in [0.5, 0.6) is 0 Å². The van der Waals surface area contributed by atoms with Gasteiger partial charge < -0.3 is 0 Å². The van der Waals surface area contributed by atoms with Crippen LogP contribution in [-0.2, 0) is 0 Å². The van der Waals surface area contributed by atoms with Crippen LogP contribution >= 0.6 is 0 Å². The van der Waals surface area contributed by atoms with E-state index in [0.29, 0.717) is 17.9 Å². The summed E-state index contributed by atoms with van der Waals surface area (Å²) in [5, 5.41) is 0. The number of rotatable bonds is 5. The summed E-state index contributed by atoms with van der Waals surface area (Å²) in [4.78, 5) is 12.1. The number of Topliss-reactive ketones (excluding diaryl/α,β-unsaturated/α-hetero) is 1. The summed E-state index contributed by atoms with van der Waals surface area (Å²) in [7, 11) is 0. The van der Waals surface area contributed by atoms with Gasteiger partial charge in [-0.05, 0) is 36.8 Å². The maximum absolute atomic E-state index is 13.1. The minimum atomic E-state index is -0.322. The largest absolute Gasteiger partial charge is 0.294 e. The highest BCUT2D eigenvalue weighted by Gasteiger charge is 2.23. The zero-order valence-corrected chi connectivity index (χ0v) is 11.7. The molecule has 0 bridgehead atoms. The minimum Gasteiger partial charge on any atom is -0.294 e. The molecule has 1 fully saturated rings. The number of hydrogen-bond acceptors (Lipinski definition) is 1. The second-order valence-electron chi connectivity index (χ2n) is 5.81. The summed E-state index contributed by atoms with van der Waals surface area (Å²) in [5.74, 6) is 1.14. The lowest BCUT2D eigenvalue weighted by molar-refractivity contribution is 0.0941. The second kappa shape index (κ2) is 6.83. The minimum absolute atomic E-state index is 0.0958. The Bertz CT molecular complexity index is 419. The monoisotopic (exact) mass is 262 g/mol. The number of halogens is 1. The summed E-state index contributed by atoms with van der Waals surface area (Å²) in [5.41, 5.74) is 0.524. The molecule has 0 aromatic heterocycles. The highest BCUT2D eigenvalue weighted by atomic mass is 19.1. The number of hydrogen-bond donors (Lipinski definition) is 0. The van der Waals surface area contributed by atoms with E-state index in [0.717, 1.165) is 18.8 Å². The molecule has 0 atom stereocenters. The van der Waals surface area contributed by atoms with Gasteiger partial charge in [-0.15, -0.1) is 0 Å². The molecule has 19 heavy (non-hydrogen) atoms. The lowest BCUT2D eigenvalue weighted by Crippen LogP contribution is -2.17. The fourth-order valence-electron chi connectivity index (χ4n) is 3.17. The topological polar surface area (TPSA) is 17.1 Å². The van der Waals surface area contributed by atoms with Crippen molar-refractivity contribution < 1.29 is 9.18 Å². The first-order valence-corrected chi connectivity index (χ1v) is 7.47. The van der Waals surface area contributed by atoms with Crippen LogP contribution in [0.15, 0.2) is 24.3 Å². The van der Waals surface area contributed by atoms with Crippen molar-refractivity contribution in [1.82, 2.24) is 0 Å². The molecule has 1 nitrogen and oxygen atoms in total. The molecule has 2 heteroatoms. The SMILES string of the molecule is CCCC1CCC(CC(=O)c2cccc(F)c2)CC1. The van der Waals surface area contributed by atoms with Crippen molar-refractivity contribution in [2.45, 2.75) is 51.9 Å². The van der Waals surface area contributed by atoms with E-state index in [2.05, 4.69) is 6.92 Å². The summed E-state index contributed by atoms with van der Waals surface area (Å²) in [6.45, 7) is 2.24. The summed E-state index contributed by atoms with van der Waals surface area (Å²) >= 11 is 0. The maximum atomic E-state index is 13.1. The van der Waals surface area contributed by atoms with E-state index < -0.39 is 0 Å². The number of carbonyl (C=O) groups excluding carboxylic acids is 1. The zero-order chi connectivity index (χ0) is 13.7. The molecular weight excluding hydrogens is 239 g/mol. The molecule has 0 heterocycles. The van der Waals surface area contributed by atoms with Gasteiger partial charge in [-0.2, -0.15) is 0 Å². The molecule has 1 aromatic rings. The van der Waals surface area contributed by atoms with E-state index >= 15 is 0 Å². The molecule has 0 N–H and O–H groups in total. The molecule has 1 saturated carbocycles. The Balaban J connectivity index is 1.84. The van der Waals surface area contributed by atoms with Crippen molar-refractivity contribution in [3.8, 4) is 0 Å². The highest BCUT2D eigenvalue weighted by Crippen LogP contribution is 2.33. The van der Waals surface area contributed by atoms with Crippen molar-refractivity contribution in [3.63, 3.8) is 0 Å². The van der Waals surface area contributed by atoms with Gasteiger partial charge in [0, 0.05) is 12.0 Å². The fourth-order valence-corrected chi connectivity index (χ4v) is 3.17. The van der Waals surface area contributed by atoms with E-state index in [-0.39, 0.29) is 11.6 Å². The van der Waals surface area contributed by atoms with E-state index in [1.54, 1.807) is 12.1 Å². The predicted molar refractivity (Wildman–Crippen MR) is 75.7 cm³/mol. The van der Waals surface area contributed by atoms with Crippen molar-refractivity contribution in [2.75, 3.05) is 0 Å². The van der Waals surface area contributed by atoms with Gasteiger partial charge in [-0.1, -0.05) is 44.7 Å². The van der Waals surface area contributed by atoms with Crippen molar-refractivity contribution in [2.24, 2.45) is 11.8 Å². The van der Waals surface area contributed by atoms with Crippen LogP contribution in [0.2, 0.25) is 0 Å². The van der Waals surface area contributed by atoms with Crippen LogP contribution in [0.4, 0.5) is 4.39 Å². The Hall–Kier alpha value is -1.18. The first-order chi connectivity index (χ1) is 9.19. The molecule has 104 valence electrons. The van der Waals surface area contributed by atoms with Gasteiger partial charge in [0.15, 0.2) is 5.78 Å². The first-order valence-electron chi connectivity index (χ1n) is 7.47. The Morgan fingerprint density at radius 1 is 1.21 bits per heavy atom. The number of benzene rings is 1. The van der Waals surface area contributed by atoms with Crippen LogP contribution in [0.1, 0.15) is 62.2 Å². The Labute approximate surface area is 115 Å². The third-order valence-electron chi connectivity index (χ3n) is 4.28. The lowest BCUT2D eigenvalue weighted by Gasteiger charge is -2.27. The lowest BCUT2D eigenvalue weighted by atomic mass is 9.78. The molecule has 1 aromatic carbocycles. The quantitative estimate of drug-likeness (QED) is 0.682. The molecule has 0 radical (unpaired) electrons. The van der Waals surface area contributed by atoms with E-state index in [4.69, 9.17) is 0 Å². The second-order valence-corrected chi connectivity index (χ2v) is 5.81. The van der Waals surface area contributed by atoms with Crippen LogP contribution in [0.25, 0.3) is 0 Å². The average molecular weight is 262 g/mol. The van der Waals surface area contributed by atoms with Crippen molar-refractivity contribution in [1.29, 1.82) is 0 Å². The van der Waals surface area contributed by atoms with Gasteiger partial charge in [-0.25, -0.2) is 4.39 Å². The average Bonchev–Trinajstić information content (AvgIpc) is 2.41. The van der Waals surface area contributed by atoms with Crippen LogP contribution in [0.3, 0.4) is 0 Å². The smallest absolute Gasteiger partial charge is 0.163 e. The first kappa shape index (κ1) is 14.2. The fraction of sp³-hybridized carbons (Fsp3) is 0.588. The number of carbonyl (C=O) groups is 1. The molecule has 0 spiro atoms. The summed E-state index contributed by atoms with van der Waals surface area (Å²) < 4.78 is 13.1. The summed E-state index contributed by atoms with van der Waals surface area (Å²) in [6, 6.07) is 6.06. The molecule has 1 aliphatic rings. The Morgan fingerprint density at radius 3 is 2.53 bits per heavy atom. The molecule has 0 unspecified atom stereocenters. The van der Waals surface area contributed by atoms with Crippen LogP contribution < -0.4 is 0 Å². The Morgan fingerprint density at radius 2 is 1.89 bits per heavy atom. The molecule has 0 amide bonds. The molecular formula is C17H23FO. The predicted octanol–water partition coefficient (Wildman–Crippen LogP) is 5.01. The van der Waals surface area contributed by atoms with Gasteiger partial charge in [0.25, 0.3) is 0 Å². The van der Waals surface area contributed by atoms with E-state index in [9.17, 15) is 9.18 Å². The standard InChI is InChI=1S/C17H23FO/c1-2-4-13-7-9-14(10-8-13)11-17(19)15-5-3-6-16(18)12-15/h3,5-6,12-14H,2,4,7-11H2,1H3. The maximum Gasteiger partial charge on any atom is 0.163 e. The normalized spacial score (nSPS) is 23.3. The third kappa shape index (κ3) is 4.15. The van der Waals surface area contributed by atoms with E-state index in [1.807, 2.05) is 0 Å². The van der Waals surface area contributed by atoms with Crippen LogP contribution in [0, 0.1) is 17.7 Å². The van der Waals surface area contributed by atoms with Gasteiger partial charge in [-0.3, -0.25) is 4.79 Å². The zero-order valence-electron chi connectivity index (χ0n) is 11.7. The van der Waals surface area contributed by atoms with Gasteiger partial charge >= 0.3 is 0 Å². The molecule has 2 rings (SSSR count). The number of ketones is 1. The molecule has 1 aliphatic carbocycles. The summed E-state index contributed by atoms with van der Waals surface area (Å²) in [6.07, 6.45) is 8.01. The molecule has 0 aliphatic heterocycles. The van der Waals surface area contributed by atoms with Gasteiger partial charge in [0.1, 0.15) is 5.82 Å². The Kier molecular flexibility index (Phi) is 5.12. The van der Waals surface area contributed by atoms with Gasteiger partial charge in [0.2, 0.25) is 0 Å². The van der Waals surface area contributed by atoms with E-state index in [1.165, 1.54) is 37.8 Å². The van der Waals surface area contributed by atoms with Crippen molar-refractivity contribution in [3.05, 3.63) is 35.6 Å².